The van der Waals surface area contributed by atoms with Gasteiger partial charge in [0.1, 0.15) is 5.82 Å². The number of nitrogens with one attached hydrogen (secondary N) is 1. The molecule has 0 atom stereocenters. The lowest BCUT2D eigenvalue weighted by atomic mass is 9.99. The molecular weight excluding hydrogens is 455 g/mol. The molecular formula is C26H20ClFN4O2. The van der Waals surface area contributed by atoms with Crippen molar-refractivity contribution < 1.29 is 8.91 Å². The first kappa shape index (κ1) is 21.9. The Labute approximate surface area is 199 Å². The zero-order chi connectivity index (χ0) is 24.0. The van der Waals surface area contributed by atoms with Gasteiger partial charge in [-0.2, -0.15) is 0 Å². The highest BCUT2D eigenvalue weighted by atomic mass is 35.5. The average Bonchev–Trinajstić information content (AvgIpc) is 3.26. The van der Waals surface area contributed by atoms with Gasteiger partial charge in [-0.3, -0.25) is 9.78 Å². The summed E-state index contributed by atoms with van der Waals surface area (Å²) in [6.07, 6.45) is 1.78. The number of pyridine rings is 2. The quantitative estimate of drug-likeness (QED) is 0.326. The van der Waals surface area contributed by atoms with Crippen LogP contribution >= 0.6 is 11.6 Å². The zero-order valence-electron chi connectivity index (χ0n) is 18.7. The summed E-state index contributed by atoms with van der Waals surface area (Å²) >= 11 is 6.13. The zero-order valence-corrected chi connectivity index (χ0v) is 19.4. The SMILES string of the molecule is Cc1cc2c(cn1)cc(-c1cc(Nc3cc(-c4ccc(F)cc4Cl)on3)ccc1C)c(=O)n2C. The minimum atomic E-state index is -0.426. The standard InChI is InChI=1S/C26H20ClFN4O2/c1-14-4-6-18(30-25-12-24(34-31-25)19-7-5-17(28)10-22(19)27)11-20(14)21-9-16-13-29-15(2)8-23(16)32(3)26(21)33/h4-13H,1-3H3,(H,30,31). The molecule has 0 radical (unpaired) electrons. The maximum absolute atomic E-state index is 13.4. The van der Waals surface area contributed by atoms with Crippen molar-refractivity contribution in [1.82, 2.24) is 14.7 Å². The van der Waals surface area contributed by atoms with Gasteiger partial charge in [-0.15, -0.1) is 0 Å². The van der Waals surface area contributed by atoms with Crippen LogP contribution in [-0.4, -0.2) is 14.7 Å². The third-order valence-corrected chi connectivity index (χ3v) is 6.06. The minimum Gasteiger partial charge on any atom is -0.354 e. The highest BCUT2D eigenvalue weighted by Crippen LogP contribution is 2.32. The fraction of sp³-hybridized carbons (Fsp3) is 0.115. The Morgan fingerprint density at radius 2 is 1.82 bits per heavy atom. The van der Waals surface area contributed by atoms with Gasteiger partial charge in [0.25, 0.3) is 5.56 Å². The number of nitrogens with zero attached hydrogens (tertiary/aromatic N) is 3. The third kappa shape index (κ3) is 3.95. The Kier molecular flexibility index (Phi) is 5.42. The number of hydrogen-bond donors (Lipinski definition) is 1. The van der Waals surface area contributed by atoms with Crippen LogP contribution in [0.1, 0.15) is 11.3 Å². The van der Waals surface area contributed by atoms with E-state index in [1.54, 1.807) is 23.9 Å². The van der Waals surface area contributed by atoms with Gasteiger partial charge in [0, 0.05) is 47.2 Å². The highest BCUT2D eigenvalue weighted by Gasteiger charge is 2.14. The minimum absolute atomic E-state index is 0.0898. The summed E-state index contributed by atoms with van der Waals surface area (Å²) in [5, 5.41) is 8.36. The molecule has 3 aromatic heterocycles. The van der Waals surface area contributed by atoms with E-state index >= 15 is 0 Å². The van der Waals surface area contributed by atoms with Gasteiger partial charge < -0.3 is 14.4 Å². The number of anilines is 2. The molecule has 0 unspecified atom stereocenters. The first-order chi connectivity index (χ1) is 16.3. The van der Waals surface area contributed by atoms with Gasteiger partial charge in [-0.1, -0.05) is 22.8 Å². The summed E-state index contributed by atoms with van der Waals surface area (Å²) in [5.41, 5.74) is 5.22. The van der Waals surface area contributed by atoms with E-state index < -0.39 is 5.82 Å². The van der Waals surface area contributed by atoms with Gasteiger partial charge in [-0.05, 0) is 67.4 Å². The molecule has 0 amide bonds. The van der Waals surface area contributed by atoms with Crippen molar-refractivity contribution in [3.8, 4) is 22.5 Å². The summed E-state index contributed by atoms with van der Waals surface area (Å²) in [6.45, 7) is 3.86. The molecule has 0 spiro atoms. The van der Waals surface area contributed by atoms with Crippen LogP contribution < -0.4 is 10.9 Å². The molecule has 0 aliphatic heterocycles. The molecule has 5 aromatic rings. The molecule has 34 heavy (non-hydrogen) atoms. The van der Waals surface area contributed by atoms with E-state index in [1.807, 2.05) is 44.2 Å². The van der Waals surface area contributed by atoms with Gasteiger partial charge in [0.05, 0.1) is 10.5 Å². The van der Waals surface area contributed by atoms with Crippen molar-refractivity contribution in [2.24, 2.45) is 7.05 Å². The van der Waals surface area contributed by atoms with E-state index in [0.717, 1.165) is 33.4 Å². The summed E-state index contributed by atoms with van der Waals surface area (Å²) in [5.74, 6) is 0.437. The van der Waals surface area contributed by atoms with Crippen LogP contribution in [0.2, 0.25) is 5.02 Å². The van der Waals surface area contributed by atoms with Gasteiger partial charge >= 0.3 is 0 Å². The highest BCUT2D eigenvalue weighted by molar-refractivity contribution is 6.33. The summed E-state index contributed by atoms with van der Waals surface area (Å²) < 4.78 is 20.4. The number of aromatic nitrogens is 3. The van der Waals surface area contributed by atoms with E-state index in [9.17, 15) is 9.18 Å². The molecule has 0 bridgehead atoms. The Bertz CT molecular complexity index is 1620. The molecule has 0 saturated heterocycles. The Balaban J connectivity index is 1.51. The molecule has 2 aromatic carbocycles. The summed E-state index contributed by atoms with van der Waals surface area (Å²) in [4.78, 5) is 17.6. The number of halogens is 2. The van der Waals surface area contributed by atoms with Crippen molar-refractivity contribution in [2.45, 2.75) is 13.8 Å². The van der Waals surface area contributed by atoms with Gasteiger partial charge in [0.15, 0.2) is 11.6 Å². The molecule has 170 valence electrons. The van der Waals surface area contributed by atoms with E-state index in [2.05, 4.69) is 15.5 Å². The number of aryl methyl sites for hydroxylation is 3. The van der Waals surface area contributed by atoms with Crippen LogP contribution in [0.3, 0.4) is 0 Å². The largest absolute Gasteiger partial charge is 0.354 e. The topological polar surface area (TPSA) is 73.0 Å². The van der Waals surface area contributed by atoms with Crippen LogP contribution in [0.4, 0.5) is 15.9 Å². The van der Waals surface area contributed by atoms with Crippen LogP contribution in [-0.2, 0) is 7.05 Å². The third-order valence-electron chi connectivity index (χ3n) is 5.75. The molecule has 5 rings (SSSR count). The average molecular weight is 475 g/mol. The van der Waals surface area contributed by atoms with E-state index in [1.165, 1.54) is 18.2 Å². The fourth-order valence-corrected chi connectivity index (χ4v) is 4.21. The fourth-order valence-electron chi connectivity index (χ4n) is 3.95. The first-order valence-electron chi connectivity index (χ1n) is 10.6. The molecule has 3 heterocycles. The van der Waals surface area contributed by atoms with Crippen molar-refractivity contribution in [3.05, 3.63) is 93.2 Å². The molecule has 0 aliphatic carbocycles. The molecule has 0 fully saturated rings. The number of benzene rings is 2. The molecule has 1 N–H and O–H groups in total. The number of hydrogen-bond acceptors (Lipinski definition) is 5. The summed E-state index contributed by atoms with van der Waals surface area (Å²) in [7, 11) is 1.77. The molecule has 0 saturated carbocycles. The predicted molar refractivity (Wildman–Crippen MR) is 132 cm³/mol. The molecule has 0 aliphatic rings. The van der Waals surface area contributed by atoms with Crippen LogP contribution in [0.5, 0.6) is 0 Å². The van der Waals surface area contributed by atoms with Crippen molar-refractivity contribution >= 4 is 34.0 Å². The van der Waals surface area contributed by atoms with Crippen LogP contribution in [0.25, 0.3) is 33.4 Å². The van der Waals surface area contributed by atoms with Crippen molar-refractivity contribution in [1.29, 1.82) is 0 Å². The van der Waals surface area contributed by atoms with Gasteiger partial charge in [-0.25, -0.2) is 4.39 Å². The van der Waals surface area contributed by atoms with E-state index in [0.29, 0.717) is 22.7 Å². The Morgan fingerprint density at radius 3 is 2.62 bits per heavy atom. The van der Waals surface area contributed by atoms with Crippen LogP contribution in [0.15, 0.2) is 70.1 Å². The molecule has 8 heteroatoms. The smallest absolute Gasteiger partial charge is 0.258 e. The lowest BCUT2D eigenvalue weighted by molar-refractivity contribution is 0.435. The Morgan fingerprint density at radius 1 is 1.00 bits per heavy atom. The molecule has 6 nitrogen and oxygen atoms in total. The van der Waals surface area contributed by atoms with Gasteiger partial charge in [0.2, 0.25) is 0 Å². The number of fused-ring (bicyclic) bond motifs is 1. The lowest BCUT2D eigenvalue weighted by Crippen LogP contribution is -2.19. The monoisotopic (exact) mass is 474 g/mol. The van der Waals surface area contributed by atoms with Crippen molar-refractivity contribution in [3.63, 3.8) is 0 Å². The Hall–Kier alpha value is -3.97. The maximum Gasteiger partial charge on any atom is 0.258 e. The van der Waals surface area contributed by atoms with E-state index in [-0.39, 0.29) is 10.6 Å². The summed E-state index contributed by atoms with van der Waals surface area (Å²) in [6, 6.07) is 15.3. The lowest BCUT2D eigenvalue weighted by Gasteiger charge is -2.13. The second kappa shape index (κ2) is 8.43. The first-order valence-corrected chi connectivity index (χ1v) is 10.9. The maximum atomic E-state index is 13.4. The predicted octanol–water partition coefficient (Wildman–Crippen LogP) is 6.41. The second-order valence-electron chi connectivity index (χ2n) is 8.16. The van der Waals surface area contributed by atoms with Crippen LogP contribution in [0, 0.1) is 19.7 Å². The normalized spacial score (nSPS) is 11.2. The second-order valence-corrected chi connectivity index (χ2v) is 8.57. The van der Waals surface area contributed by atoms with Crippen molar-refractivity contribution in [2.75, 3.05) is 5.32 Å². The number of rotatable bonds is 4. The van der Waals surface area contributed by atoms with E-state index in [4.69, 9.17) is 16.1 Å².